The Hall–Kier alpha value is -2.33. The minimum absolute atomic E-state index is 0.0697. The fourth-order valence-electron chi connectivity index (χ4n) is 3.40. The van der Waals surface area contributed by atoms with Crippen LogP contribution in [0.1, 0.15) is 43.6 Å². The molecule has 1 fully saturated rings. The number of piperazine rings is 1. The van der Waals surface area contributed by atoms with Gasteiger partial charge in [-0.3, -0.25) is 4.79 Å². The Morgan fingerprint density at radius 1 is 0.926 bits per heavy atom. The summed E-state index contributed by atoms with van der Waals surface area (Å²) in [4.78, 5) is 17.4. The molecule has 27 heavy (non-hydrogen) atoms. The minimum atomic E-state index is -0.0697. The van der Waals surface area contributed by atoms with Crippen LogP contribution in [0, 0.1) is 0 Å². The summed E-state index contributed by atoms with van der Waals surface area (Å²) in [6.07, 6.45) is 0. The molecule has 1 saturated heterocycles. The third-order valence-electron chi connectivity index (χ3n) is 5.32. The summed E-state index contributed by atoms with van der Waals surface area (Å²) in [5.41, 5.74) is 4.05. The zero-order valence-corrected chi connectivity index (χ0v) is 17.0. The van der Waals surface area contributed by atoms with E-state index in [2.05, 4.69) is 54.9 Å². The van der Waals surface area contributed by atoms with Gasteiger partial charge in [0.2, 0.25) is 0 Å². The van der Waals surface area contributed by atoms with E-state index in [-0.39, 0.29) is 11.3 Å². The molecule has 0 bridgehead atoms. The van der Waals surface area contributed by atoms with Crippen LogP contribution in [0.4, 0.5) is 11.4 Å². The summed E-state index contributed by atoms with van der Waals surface area (Å²) in [5, 5.41) is 3.00. The Labute approximate surface area is 163 Å². The predicted molar refractivity (Wildman–Crippen MR) is 114 cm³/mol. The van der Waals surface area contributed by atoms with Crippen LogP contribution in [0.25, 0.3) is 0 Å². The highest BCUT2D eigenvalue weighted by molar-refractivity contribution is 6.04. The fraction of sp³-hybridized carbons (Fsp3) is 0.435. The van der Waals surface area contributed by atoms with Gasteiger partial charge in [-0.1, -0.05) is 39.8 Å². The summed E-state index contributed by atoms with van der Waals surface area (Å²) >= 11 is 0. The molecule has 0 spiro atoms. The summed E-state index contributed by atoms with van der Waals surface area (Å²) in [7, 11) is 0. The van der Waals surface area contributed by atoms with Gasteiger partial charge in [0.25, 0.3) is 5.91 Å². The molecule has 0 radical (unpaired) electrons. The number of benzene rings is 2. The molecule has 0 aliphatic carbocycles. The van der Waals surface area contributed by atoms with Crippen molar-refractivity contribution in [3.63, 3.8) is 0 Å². The fourth-order valence-corrected chi connectivity index (χ4v) is 3.40. The molecule has 0 aromatic heterocycles. The average molecular weight is 366 g/mol. The summed E-state index contributed by atoms with van der Waals surface area (Å²) in [6, 6.07) is 16.0. The van der Waals surface area contributed by atoms with Crippen molar-refractivity contribution in [2.24, 2.45) is 0 Å². The lowest BCUT2D eigenvalue weighted by Gasteiger charge is -2.35. The molecule has 0 atom stereocenters. The third-order valence-corrected chi connectivity index (χ3v) is 5.32. The van der Waals surface area contributed by atoms with E-state index >= 15 is 0 Å². The number of carbonyl (C=O) groups excluding carboxylic acids is 1. The molecule has 2 aromatic rings. The maximum absolute atomic E-state index is 12.5. The highest BCUT2D eigenvalue weighted by Gasteiger charge is 2.16. The number of hydrogen-bond donors (Lipinski definition) is 1. The van der Waals surface area contributed by atoms with E-state index in [1.54, 1.807) is 0 Å². The second-order valence-electron chi connectivity index (χ2n) is 8.25. The smallest absolute Gasteiger partial charge is 0.255 e. The van der Waals surface area contributed by atoms with Crippen LogP contribution >= 0.6 is 0 Å². The molecule has 4 heteroatoms. The Morgan fingerprint density at radius 3 is 2.04 bits per heavy atom. The van der Waals surface area contributed by atoms with Gasteiger partial charge in [0, 0.05) is 43.1 Å². The summed E-state index contributed by atoms with van der Waals surface area (Å²) < 4.78 is 0. The van der Waals surface area contributed by atoms with E-state index in [4.69, 9.17) is 0 Å². The third kappa shape index (κ3) is 4.89. The first-order chi connectivity index (χ1) is 12.9. The van der Waals surface area contributed by atoms with Gasteiger partial charge in [-0.25, -0.2) is 0 Å². The quantitative estimate of drug-likeness (QED) is 0.873. The van der Waals surface area contributed by atoms with Crippen molar-refractivity contribution in [2.45, 2.75) is 33.1 Å². The first-order valence-corrected chi connectivity index (χ1v) is 9.86. The number of amides is 1. The molecule has 0 saturated carbocycles. The Morgan fingerprint density at radius 2 is 1.52 bits per heavy atom. The van der Waals surface area contributed by atoms with Gasteiger partial charge in [-0.15, -0.1) is 0 Å². The molecule has 2 aromatic carbocycles. The zero-order chi connectivity index (χ0) is 19.4. The minimum Gasteiger partial charge on any atom is -0.369 e. The van der Waals surface area contributed by atoms with Gasteiger partial charge in [0.1, 0.15) is 0 Å². The molecule has 3 rings (SSSR count). The van der Waals surface area contributed by atoms with Crippen LogP contribution < -0.4 is 10.2 Å². The van der Waals surface area contributed by atoms with E-state index in [1.807, 2.05) is 36.4 Å². The number of nitrogens with zero attached hydrogens (tertiary/aromatic N) is 2. The van der Waals surface area contributed by atoms with E-state index in [0.29, 0.717) is 5.56 Å². The molecule has 4 nitrogen and oxygen atoms in total. The Kier molecular flexibility index (Phi) is 5.85. The predicted octanol–water partition coefficient (Wildman–Crippen LogP) is 4.38. The van der Waals surface area contributed by atoms with Gasteiger partial charge in [-0.05, 0) is 53.9 Å². The van der Waals surface area contributed by atoms with Crippen LogP contribution in [0.3, 0.4) is 0 Å². The van der Waals surface area contributed by atoms with Crippen LogP contribution in [-0.2, 0) is 5.41 Å². The molecular weight excluding hydrogens is 334 g/mol. The summed E-state index contributed by atoms with van der Waals surface area (Å²) in [6.45, 7) is 14.2. The lowest BCUT2D eigenvalue weighted by molar-refractivity contribution is 0.102. The normalized spacial score (nSPS) is 15.6. The van der Waals surface area contributed by atoms with Crippen LogP contribution in [0.5, 0.6) is 0 Å². The van der Waals surface area contributed by atoms with Gasteiger partial charge >= 0.3 is 0 Å². The molecule has 1 N–H and O–H groups in total. The molecule has 1 aliphatic heterocycles. The number of nitrogens with one attached hydrogen (secondary N) is 1. The lowest BCUT2D eigenvalue weighted by atomic mass is 9.87. The number of hydrogen-bond acceptors (Lipinski definition) is 3. The summed E-state index contributed by atoms with van der Waals surface area (Å²) in [5.74, 6) is -0.0697. The molecule has 144 valence electrons. The van der Waals surface area contributed by atoms with Crippen molar-refractivity contribution in [2.75, 3.05) is 42.9 Å². The van der Waals surface area contributed by atoms with Crippen LogP contribution in [-0.4, -0.2) is 43.5 Å². The first kappa shape index (κ1) is 19.4. The lowest BCUT2D eigenvalue weighted by Crippen LogP contribution is -2.46. The largest absolute Gasteiger partial charge is 0.369 e. The van der Waals surface area contributed by atoms with Gasteiger partial charge in [0.15, 0.2) is 0 Å². The Balaban J connectivity index is 1.60. The van der Waals surface area contributed by atoms with Crippen molar-refractivity contribution in [1.29, 1.82) is 0 Å². The Bertz CT molecular complexity index is 752. The highest BCUT2D eigenvalue weighted by Crippen LogP contribution is 2.23. The first-order valence-electron chi connectivity index (χ1n) is 9.86. The van der Waals surface area contributed by atoms with Crippen molar-refractivity contribution < 1.29 is 4.79 Å². The molecular formula is C23H31N3O. The van der Waals surface area contributed by atoms with Crippen molar-refractivity contribution in [3.8, 4) is 0 Å². The number of carbonyl (C=O) groups is 1. The maximum Gasteiger partial charge on any atom is 0.255 e. The average Bonchev–Trinajstić information content (AvgIpc) is 2.68. The number of anilines is 2. The molecule has 1 amide bonds. The number of likely N-dealkylation sites (N-methyl/N-ethyl adjacent to an activating group) is 1. The van der Waals surface area contributed by atoms with Crippen molar-refractivity contribution >= 4 is 17.3 Å². The van der Waals surface area contributed by atoms with Crippen molar-refractivity contribution in [3.05, 3.63) is 59.7 Å². The molecule has 0 unspecified atom stereocenters. The zero-order valence-electron chi connectivity index (χ0n) is 17.0. The van der Waals surface area contributed by atoms with E-state index < -0.39 is 0 Å². The van der Waals surface area contributed by atoms with Gasteiger partial charge < -0.3 is 15.1 Å². The van der Waals surface area contributed by atoms with Gasteiger partial charge in [0.05, 0.1) is 0 Å². The van der Waals surface area contributed by atoms with E-state index in [9.17, 15) is 4.79 Å². The molecule has 1 aliphatic rings. The van der Waals surface area contributed by atoms with Gasteiger partial charge in [-0.2, -0.15) is 0 Å². The molecule has 1 heterocycles. The standard InChI is InChI=1S/C23H31N3O/c1-5-25-14-16-26(17-15-25)21-12-10-20(11-13-21)24-22(27)18-6-8-19(9-7-18)23(2,3)4/h6-13H,5,14-17H2,1-4H3,(H,24,27). The second-order valence-corrected chi connectivity index (χ2v) is 8.25. The maximum atomic E-state index is 12.5. The van der Waals surface area contributed by atoms with E-state index in [0.717, 1.165) is 38.4 Å². The number of rotatable bonds is 4. The monoisotopic (exact) mass is 365 g/mol. The van der Waals surface area contributed by atoms with Crippen LogP contribution in [0.2, 0.25) is 0 Å². The second kappa shape index (κ2) is 8.13. The topological polar surface area (TPSA) is 35.6 Å². The SMILES string of the molecule is CCN1CCN(c2ccc(NC(=O)c3ccc(C(C)(C)C)cc3)cc2)CC1. The highest BCUT2D eigenvalue weighted by atomic mass is 16.1. The van der Waals surface area contributed by atoms with Crippen LogP contribution in [0.15, 0.2) is 48.5 Å². The van der Waals surface area contributed by atoms with Crippen molar-refractivity contribution in [1.82, 2.24) is 4.90 Å². The van der Waals surface area contributed by atoms with E-state index in [1.165, 1.54) is 11.3 Å².